The molecule has 0 aromatic heterocycles. The lowest BCUT2D eigenvalue weighted by molar-refractivity contribution is 0.600. The lowest BCUT2D eigenvalue weighted by Gasteiger charge is -2.13. The predicted octanol–water partition coefficient (Wildman–Crippen LogP) is 3.45. The van der Waals surface area contributed by atoms with Crippen molar-refractivity contribution in [1.29, 1.82) is 0 Å². The number of anilines is 2. The summed E-state index contributed by atoms with van der Waals surface area (Å²) in [6.07, 6.45) is 0. The van der Waals surface area contributed by atoms with E-state index in [-0.39, 0.29) is 4.90 Å². The van der Waals surface area contributed by atoms with Crippen molar-refractivity contribution in [3.8, 4) is 0 Å². The Hall–Kier alpha value is -1.53. The van der Waals surface area contributed by atoms with Crippen molar-refractivity contribution >= 4 is 37.3 Å². The van der Waals surface area contributed by atoms with Gasteiger partial charge in [0.1, 0.15) is 4.90 Å². The fraction of sp³-hybridized carbons (Fsp3) is 0.143. The fourth-order valence-corrected chi connectivity index (χ4v) is 3.94. The third-order valence-corrected chi connectivity index (χ3v) is 5.36. The molecule has 0 radical (unpaired) electrons. The van der Waals surface area contributed by atoms with Crippen LogP contribution < -0.4 is 10.5 Å². The van der Waals surface area contributed by atoms with Crippen LogP contribution in [0.25, 0.3) is 0 Å². The molecule has 0 saturated carbocycles. The molecule has 6 heteroatoms. The maximum absolute atomic E-state index is 12.4. The molecular weight excluding hydrogens is 340 g/mol. The number of halogens is 1. The Morgan fingerprint density at radius 3 is 2.40 bits per heavy atom. The standard InChI is InChI=1S/C14H15BrN2O2S/c1-9-8-13(10(2)7-12(9)16)17-20(18,19)14-6-4-3-5-11(14)15/h3-8,17H,16H2,1-2H3. The van der Waals surface area contributed by atoms with E-state index >= 15 is 0 Å². The SMILES string of the molecule is Cc1cc(NS(=O)(=O)c2ccccc2Br)c(C)cc1N. The summed E-state index contributed by atoms with van der Waals surface area (Å²) in [5, 5.41) is 0. The molecule has 2 aromatic carbocycles. The van der Waals surface area contributed by atoms with Gasteiger partial charge in [0.25, 0.3) is 10.0 Å². The number of benzene rings is 2. The normalized spacial score (nSPS) is 11.3. The highest BCUT2D eigenvalue weighted by Crippen LogP contribution is 2.27. The molecule has 0 amide bonds. The number of hydrogen-bond donors (Lipinski definition) is 2. The second kappa shape index (κ2) is 5.46. The maximum atomic E-state index is 12.4. The lowest BCUT2D eigenvalue weighted by Crippen LogP contribution is -2.14. The van der Waals surface area contributed by atoms with Crippen LogP contribution in [0.3, 0.4) is 0 Å². The van der Waals surface area contributed by atoms with Gasteiger partial charge in [-0.3, -0.25) is 4.72 Å². The van der Waals surface area contributed by atoms with E-state index < -0.39 is 10.0 Å². The highest BCUT2D eigenvalue weighted by molar-refractivity contribution is 9.10. The molecule has 0 aliphatic rings. The zero-order valence-corrected chi connectivity index (χ0v) is 13.5. The van der Waals surface area contributed by atoms with Crippen LogP contribution in [-0.2, 0) is 10.0 Å². The van der Waals surface area contributed by atoms with Gasteiger partial charge >= 0.3 is 0 Å². The maximum Gasteiger partial charge on any atom is 0.263 e. The minimum atomic E-state index is -3.63. The highest BCUT2D eigenvalue weighted by Gasteiger charge is 2.18. The Kier molecular flexibility index (Phi) is 4.06. The molecule has 0 aliphatic carbocycles. The van der Waals surface area contributed by atoms with E-state index in [0.29, 0.717) is 15.8 Å². The van der Waals surface area contributed by atoms with Gasteiger partial charge in [0.15, 0.2) is 0 Å². The van der Waals surface area contributed by atoms with Crippen LogP contribution in [0.15, 0.2) is 45.8 Å². The van der Waals surface area contributed by atoms with Crippen molar-refractivity contribution in [2.24, 2.45) is 0 Å². The lowest BCUT2D eigenvalue weighted by atomic mass is 10.1. The third kappa shape index (κ3) is 2.96. The molecule has 0 saturated heterocycles. The van der Waals surface area contributed by atoms with Gasteiger partial charge in [0.2, 0.25) is 0 Å². The van der Waals surface area contributed by atoms with Crippen molar-refractivity contribution in [3.63, 3.8) is 0 Å². The van der Waals surface area contributed by atoms with E-state index in [4.69, 9.17) is 5.73 Å². The van der Waals surface area contributed by atoms with E-state index in [1.165, 1.54) is 0 Å². The summed E-state index contributed by atoms with van der Waals surface area (Å²) < 4.78 is 27.9. The number of nitrogens with one attached hydrogen (secondary N) is 1. The molecule has 0 bridgehead atoms. The molecule has 0 heterocycles. The molecule has 2 aromatic rings. The topological polar surface area (TPSA) is 72.2 Å². The van der Waals surface area contributed by atoms with E-state index in [9.17, 15) is 8.42 Å². The number of sulfonamides is 1. The Bertz CT molecular complexity index is 758. The Balaban J connectivity index is 2.44. The molecule has 106 valence electrons. The first-order valence-corrected chi connectivity index (χ1v) is 8.23. The van der Waals surface area contributed by atoms with Crippen LogP contribution in [0.4, 0.5) is 11.4 Å². The average Bonchev–Trinajstić information content (AvgIpc) is 2.36. The molecular formula is C14H15BrN2O2S. The van der Waals surface area contributed by atoms with Crippen molar-refractivity contribution in [2.45, 2.75) is 18.7 Å². The number of rotatable bonds is 3. The summed E-state index contributed by atoms with van der Waals surface area (Å²) in [4.78, 5) is 0.203. The Morgan fingerprint density at radius 1 is 1.10 bits per heavy atom. The van der Waals surface area contributed by atoms with Crippen LogP contribution in [-0.4, -0.2) is 8.42 Å². The summed E-state index contributed by atoms with van der Waals surface area (Å²) >= 11 is 3.25. The number of aryl methyl sites for hydroxylation is 2. The first kappa shape index (κ1) is 14.9. The van der Waals surface area contributed by atoms with E-state index in [2.05, 4.69) is 20.7 Å². The smallest absolute Gasteiger partial charge is 0.263 e. The Labute approximate surface area is 127 Å². The fourth-order valence-electron chi connectivity index (χ4n) is 1.81. The largest absolute Gasteiger partial charge is 0.399 e. The summed E-state index contributed by atoms with van der Waals surface area (Å²) in [6.45, 7) is 3.65. The average molecular weight is 355 g/mol. The summed E-state index contributed by atoms with van der Waals surface area (Å²) in [5.74, 6) is 0. The monoisotopic (exact) mass is 354 g/mol. The minimum absolute atomic E-state index is 0.203. The zero-order valence-electron chi connectivity index (χ0n) is 11.1. The van der Waals surface area contributed by atoms with Gasteiger partial charge in [-0.25, -0.2) is 8.42 Å². The first-order valence-electron chi connectivity index (χ1n) is 5.95. The minimum Gasteiger partial charge on any atom is -0.399 e. The molecule has 0 atom stereocenters. The van der Waals surface area contributed by atoms with Crippen LogP contribution in [0.5, 0.6) is 0 Å². The molecule has 20 heavy (non-hydrogen) atoms. The van der Waals surface area contributed by atoms with Crippen LogP contribution >= 0.6 is 15.9 Å². The van der Waals surface area contributed by atoms with Crippen molar-refractivity contribution in [3.05, 3.63) is 52.0 Å². The number of nitrogen functional groups attached to an aromatic ring is 1. The summed E-state index contributed by atoms with van der Waals surface area (Å²) in [7, 11) is -3.63. The van der Waals surface area contributed by atoms with Crippen molar-refractivity contribution < 1.29 is 8.42 Å². The first-order chi connectivity index (χ1) is 9.31. The second-order valence-electron chi connectivity index (χ2n) is 4.56. The van der Waals surface area contributed by atoms with Crippen molar-refractivity contribution in [1.82, 2.24) is 0 Å². The number of nitrogens with two attached hydrogens (primary N) is 1. The molecule has 0 fully saturated rings. The van der Waals surface area contributed by atoms with Gasteiger partial charge in [-0.05, 0) is 65.2 Å². The van der Waals surface area contributed by atoms with Crippen LogP contribution in [0, 0.1) is 13.8 Å². The molecule has 3 N–H and O–H groups in total. The number of hydrogen-bond acceptors (Lipinski definition) is 3. The molecule has 0 spiro atoms. The van der Waals surface area contributed by atoms with Gasteiger partial charge in [0, 0.05) is 10.2 Å². The molecule has 0 aliphatic heterocycles. The van der Waals surface area contributed by atoms with Crippen LogP contribution in [0.1, 0.15) is 11.1 Å². The highest BCUT2D eigenvalue weighted by atomic mass is 79.9. The van der Waals surface area contributed by atoms with Gasteiger partial charge in [-0.1, -0.05) is 12.1 Å². The van der Waals surface area contributed by atoms with Gasteiger partial charge < -0.3 is 5.73 Å². The quantitative estimate of drug-likeness (QED) is 0.829. The molecule has 2 rings (SSSR count). The zero-order chi connectivity index (χ0) is 14.9. The third-order valence-electron chi connectivity index (χ3n) is 2.98. The van der Waals surface area contributed by atoms with Crippen LogP contribution in [0.2, 0.25) is 0 Å². The predicted molar refractivity (Wildman–Crippen MR) is 85.3 cm³/mol. The van der Waals surface area contributed by atoms with E-state index in [1.54, 1.807) is 36.4 Å². The van der Waals surface area contributed by atoms with Crippen molar-refractivity contribution in [2.75, 3.05) is 10.5 Å². The second-order valence-corrected chi connectivity index (χ2v) is 7.06. The molecule has 4 nitrogen and oxygen atoms in total. The van der Waals surface area contributed by atoms with E-state index in [1.807, 2.05) is 13.8 Å². The Morgan fingerprint density at radius 2 is 1.75 bits per heavy atom. The summed E-state index contributed by atoms with van der Waals surface area (Å²) in [5.41, 5.74) is 8.60. The van der Waals surface area contributed by atoms with Gasteiger partial charge in [-0.2, -0.15) is 0 Å². The molecule has 0 unspecified atom stereocenters. The van der Waals surface area contributed by atoms with Gasteiger partial charge in [0.05, 0.1) is 5.69 Å². The van der Waals surface area contributed by atoms with E-state index in [0.717, 1.165) is 11.1 Å². The summed E-state index contributed by atoms with van der Waals surface area (Å²) in [6, 6.07) is 10.2. The van der Waals surface area contributed by atoms with Gasteiger partial charge in [-0.15, -0.1) is 0 Å².